The molecule has 0 spiro atoms. The van der Waals surface area contributed by atoms with Crippen LogP contribution in [0.3, 0.4) is 0 Å². The van der Waals surface area contributed by atoms with Crippen LogP contribution in [0.15, 0.2) is 18.2 Å². The molecule has 2 N–H and O–H groups in total. The molecule has 2 aromatic rings. The van der Waals surface area contributed by atoms with Crippen LogP contribution < -0.4 is 0 Å². The Morgan fingerprint density at radius 1 is 1.20 bits per heavy atom. The number of hydrogen-bond acceptors (Lipinski definition) is 1. The average Bonchev–Trinajstić information content (AvgIpc) is 2.55. The molecule has 0 aliphatic rings. The first-order chi connectivity index (χ1) is 6.89. The van der Waals surface area contributed by atoms with Gasteiger partial charge in [0.2, 0.25) is 0 Å². The topological polar surface area (TPSA) is 36.0 Å². The molecule has 0 unspecified atom stereocenters. The fourth-order valence-corrected chi connectivity index (χ4v) is 1.31. The second kappa shape index (κ2) is 2.88. The number of aromatic hydroxyl groups is 1. The number of aromatic nitrogens is 1. The van der Waals surface area contributed by atoms with Crippen LogP contribution in [0.4, 0.5) is 17.6 Å². The molecular formula is C9H5F4NO. The Bertz CT molecular complexity index is 515. The number of halogens is 4. The Morgan fingerprint density at radius 3 is 2.47 bits per heavy atom. The van der Waals surface area contributed by atoms with Crippen molar-refractivity contribution < 1.29 is 22.7 Å². The molecule has 1 aromatic heterocycles. The standard InChI is InChI=1S/C9H5F4NO/c10-8-4-3-7(9(11,12)13)14-5(4)1-2-6(8)15/h1-3,14-15H. The van der Waals surface area contributed by atoms with E-state index < -0.39 is 23.4 Å². The monoisotopic (exact) mass is 219 g/mol. The summed E-state index contributed by atoms with van der Waals surface area (Å²) in [4.78, 5) is 2.03. The molecule has 1 aromatic carbocycles. The van der Waals surface area contributed by atoms with E-state index in [2.05, 4.69) is 0 Å². The van der Waals surface area contributed by atoms with Crippen molar-refractivity contribution in [3.63, 3.8) is 0 Å². The van der Waals surface area contributed by atoms with Gasteiger partial charge in [-0.25, -0.2) is 4.39 Å². The molecule has 0 aliphatic heterocycles. The fourth-order valence-electron chi connectivity index (χ4n) is 1.31. The SMILES string of the molecule is Oc1ccc2[nH]c(C(F)(F)F)cc2c1F. The van der Waals surface area contributed by atoms with Crippen molar-refractivity contribution in [3.8, 4) is 5.75 Å². The van der Waals surface area contributed by atoms with Gasteiger partial charge < -0.3 is 10.1 Å². The van der Waals surface area contributed by atoms with Crippen molar-refractivity contribution in [1.82, 2.24) is 4.98 Å². The summed E-state index contributed by atoms with van der Waals surface area (Å²) in [7, 11) is 0. The number of alkyl halides is 3. The van der Waals surface area contributed by atoms with Crippen LogP contribution in [0.25, 0.3) is 10.9 Å². The molecule has 0 fully saturated rings. The number of phenols is 1. The first kappa shape index (κ1) is 9.82. The summed E-state index contributed by atoms with van der Waals surface area (Å²) >= 11 is 0. The third kappa shape index (κ3) is 1.51. The number of aromatic amines is 1. The van der Waals surface area contributed by atoms with Crippen LogP contribution in [-0.2, 0) is 6.18 Å². The van der Waals surface area contributed by atoms with E-state index in [9.17, 15) is 17.6 Å². The van der Waals surface area contributed by atoms with Crippen molar-refractivity contribution in [1.29, 1.82) is 0 Å². The molecule has 0 saturated carbocycles. The van der Waals surface area contributed by atoms with Gasteiger partial charge in [-0.15, -0.1) is 0 Å². The molecule has 80 valence electrons. The number of hydrogen-bond donors (Lipinski definition) is 2. The molecule has 1 heterocycles. The lowest BCUT2D eigenvalue weighted by Crippen LogP contribution is -2.04. The molecule has 6 heteroatoms. The van der Waals surface area contributed by atoms with Crippen molar-refractivity contribution in [2.24, 2.45) is 0 Å². The Balaban J connectivity index is 2.72. The number of rotatable bonds is 0. The lowest BCUT2D eigenvalue weighted by Gasteiger charge is -2.00. The highest BCUT2D eigenvalue weighted by Gasteiger charge is 2.33. The van der Waals surface area contributed by atoms with Gasteiger partial charge in [0, 0.05) is 10.9 Å². The maximum absolute atomic E-state index is 13.2. The van der Waals surface area contributed by atoms with Gasteiger partial charge in [0.05, 0.1) is 0 Å². The number of nitrogens with one attached hydrogen (secondary N) is 1. The second-order valence-electron chi connectivity index (χ2n) is 3.04. The van der Waals surface area contributed by atoms with E-state index in [1.807, 2.05) is 4.98 Å². The molecule has 0 radical (unpaired) electrons. The van der Waals surface area contributed by atoms with E-state index >= 15 is 0 Å². The number of benzene rings is 1. The first-order valence-corrected chi connectivity index (χ1v) is 3.97. The quantitative estimate of drug-likeness (QED) is 0.656. The van der Waals surface area contributed by atoms with E-state index in [0.29, 0.717) is 6.07 Å². The van der Waals surface area contributed by atoms with Gasteiger partial charge >= 0.3 is 6.18 Å². The predicted octanol–water partition coefficient (Wildman–Crippen LogP) is 3.03. The number of phenolic OH excluding ortho intramolecular Hbond substituents is 1. The van der Waals surface area contributed by atoms with Crippen LogP contribution in [0.1, 0.15) is 5.69 Å². The third-order valence-corrected chi connectivity index (χ3v) is 2.02. The second-order valence-corrected chi connectivity index (χ2v) is 3.04. The molecule has 2 rings (SSSR count). The van der Waals surface area contributed by atoms with Gasteiger partial charge in [-0.1, -0.05) is 0 Å². The highest BCUT2D eigenvalue weighted by atomic mass is 19.4. The zero-order chi connectivity index (χ0) is 11.2. The van der Waals surface area contributed by atoms with Crippen LogP contribution in [-0.4, -0.2) is 10.1 Å². The van der Waals surface area contributed by atoms with Gasteiger partial charge in [0.1, 0.15) is 5.69 Å². The summed E-state index contributed by atoms with van der Waals surface area (Å²) in [6, 6.07) is 2.81. The Hall–Kier alpha value is -1.72. The minimum absolute atomic E-state index is 0.00220. The Labute approximate surface area is 81.1 Å². The summed E-state index contributed by atoms with van der Waals surface area (Å²) in [6.07, 6.45) is -4.55. The highest BCUT2D eigenvalue weighted by Crippen LogP contribution is 2.33. The lowest BCUT2D eigenvalue weighted by molar-refractivity contribution is -0.140. The summed E-state index contributed by atoms with van der Waals surface area (Å²) in [5, 5.41) is 8.68. The molecular weight excluding hydrogens is 214 g/mol. The minimum Gasteiger partial charge on any atom is -0.505 e. The highest BCUT2D eigenvalue weighted by molar-refractivity contribution is 5.82. The van der Waals surface area contributed by atoms with E-state index in [1.54, 1.807) is 0 Å². The van der Waals surface area contributed by atoms with Crippen LogP contribution in [0.2, 0.25) is 0 Å². The largest absolute Gasteiger partial charge is 0.505 e. The van der Waals surface area contributed by atoms with E-state index in [-0.39, 0.29) is 10.9 Å². The fraction of sp³-hybridized carbons (Fsp3) is 0.111. The molecule has 0 bridgehead atoms. The summed E-state index contributed by atoms with van der Waals surface area (Å²) in [6.45, 7) is 0. The van der Waals surface area contributed by atoms with Gasteiger partial charge in [-0.2, -0.15) is 13.2 Å². The number of fused-ring (bicyclic) bond motifs is 1. The van der Waals surface area contributed by atoms with Gasteiger partial charge in [-0.05, 0) is 18.2 Å². The molecule has 0 amide bonds. The van der Waals surface area contributed by atoms with E-state index in [4.69, 9.17) is 5.11 Å². The predicted molar refractivity (Wildman–Crippen MR) is 44.9 cm³/mol. The zero-order valence-corrected chi connectivity index (χ0v) is 7.19. The van der Waals surface area contributed by atoms with E-state index in [0.717, 1.165) is 6.07 Å². The first-order valence-electron chi connectivity index (χ1n) is 3.97. The summed E-state index contributed by atoms with van der Waals surface area (Å²) < 4.78 is 49.9. The van der Waals surface area contributed by atoms with Gasteiger partial charge in [0.15, 0.2) is 11.6 Å². The Kier molecular flexibility index (Phi) is 1.89. The molecule has 0 saturated heterocycles. The lowest BCUT2D eigenvalue weighted by atomic mass is 10.2. The van der Waals surface area contributed by atoms with Crippen molar-refractivity contribution in [3.05, 3.63) is 29.7 Å². The number of H-pyrrole nitrogens is 1. The van der Waals surface area contributed by atoms with Crippen LogP contribution in [0, 0.1) is 5.82 Å². The maximum atomic E-state index is 13.2. The van der Waals surface area contributed by atoms with Gasteiger partial charge in [0.25, 0.3) is 0 Å². The summed E-state index contributed by atoms with van der Waals surface area (Å²) in [5.41, 5.74) is -1.04. The normalized spacial score (nSPS) is 12.3. The van der Waals surface area contributed by atoms with Crippen molar-refractivity contribution >= 4 is 10.9 Å². The van der Waals surface area contributed by atoms with Crippen LogP contribution >= 0.6 is 0 Å². The Morgan fingerprint density at radius 2 is 1.87 bits per heavy atom. The maximum Gasteiger partial charge on any atom is 0.431 e. The van der Waals surface area contributed by atoms with Crippen molar-refractivity contribution in [2.45, 2.75) is 6.18 Å². The van der Waals surface area contributed by atoms with E-state index in [1.165, 1.54) is 6.07 Å². The molecule has 0 aliphatic carbocycles. The third-order valence-electron chi connectivity index (χ3n) is 2.02. The average molecular weight is 219 g/mol. The summed E-state index contributed by atoms with van der Waals surface area (Å²) in [5.74, 6) is -1.73. The van der Waals surface area contributed by atoms with Gasteiger partial charge in [-0.3, -0.25) is 0 Å². The smallest absolute Gasteiger partial charge is 0.431 e. The molecule has 0 atom stereocenters. The zero-order valence-electron chi connectivity index (χ0n) is 7.19. The van der Waals surface area contributed by atoms with Crippen LogP contribution in [0.5, 0.6) is 5.75 Å². The van der Waals surface area contributed by atoms with Crippen molar-refractivity contribution in [2.75, 3.05) is 0 Å². The molecule has 15 heavy (non-hydrogen) atoms. The molecule has 2 nitrogen and oxygen atoms in total. The minimum atomic E-state index is -4.55.